The number of amides is 2. The number of nitrogens with zero attached hydrogens (tertiary/aromatic N) is 3. The summed E-state index contributed by atoms with van der Waals surface area (Å²) in [5.74, 6) is -3.03. The maximum Gasteiger partial charge on any atom is 0.272 e. The summed E-state index contributed by atoms with van der Waals surface area (Å²) in [5.41, 5.74) is -0.841. The van der Waals surface area contributed by atoms with Crippen molar-refractivity contribution in [3.05, 3.63) is 83.3 Å². The normalized spacial score (nSPS) is 18.4. The summed E-state index contributed by atoms with van der Waals surface area (Å²) >= 11 is 0. The van der Waals surface area contributed by atoms with Gasteiger partial charge in [-0.15, -0.1) is 0 Å². The number of ether oxygens (including phenoxy) is 1. The number of halogens is 3. The van der Waals surface area contributed by atoms with Crippen molar-refractivity contribution in [3.8, 4) is 17.0 Å². The predicted octanol–water partition coefficient (Wildman–Crippen LogP) is 4.90. The smallest absolute Gasteiger partial charge is 0.272 e. The Balaban J connectivity index is 1.26. The van der Waals surface area contributed by atoms with Crippen LogP contribution in [0, 0.1) is 23.4 Å². The number of aromatic nitrogens is 1. The maximum absolute atomic E-state index is 14.5. The second kappa shape index (κ2) is 11.5. The van der Waals surface area contributed by atoms with Gasteiger partial charge in [0.05, 0.1) is 18.7 Å². The SMILES string of the molecule is COc1ccc(C(=O)CCC(=O)N2CCC[C@@H]3CN(C(=O)c4ccc(F)c(-c5c(F)cccc5F)n4)C[C@H]32)cc1. The highest BCUT2D eigenvalue weighted by Gasteiger charge is 2.42. The van der Waals surface area contributed by atoms with Crippen LogP contribution in [0.3, 0.4) is 0 Å². The van der Waals surface area contributed by atoms with Gasteiger partial charge in [0.15, 0.2) is 5.78 Å². The zero-order valence-electron chi connectivity index (χ0n) is 21.9. The molecule has 0 radical (unpaired) electrons. The highest BCUT2D eigenvalue weighted by atomic mass is 19.1. The highest BCUT2D eigenvalue weighted by molar-refractivity contribution is 5.98. The van der Waals surface area contributed by atoms with Crippen molar-refractivity contribution in [1.82, 2.24) is 14.8 Å². The van der Waals surface area contributed by atoms with Crippen molar-refractivity contribution in [1.29, 1.82) is 0 Å². The molecule has 208 valence electrons. The van der Waals surface area contributed by atoms with Crippen molar-refractivity contribution in [3.63, 3.8) is 0 Å². The first-order chi connectivity index (χ1) is 19.3. The number of likely N-dealkylation sites (tertiary alicyclic amines) is 2. The van der Waals surface area contributed by atoms with E-state index in [-0.39, 0.29) is 48.7 Å². The first-order valence-corrected chi connectivity index (χ1v) is 13.1. The number of piperidine rings is 1. The average Bonchev–Trinajstić information content (AvgIpc) is 3.41. The molecule has 5 rings (SSSR count). The third kappa shape index (κ3) is 5.43. The molecular weight excluding hydrogens is 523 g/mol. The summed E-state index contributed by atoms with van der Waals surface area (Å²) < 4.78 is 48.2. The standard InChI is InChI=1S/C30H28F3N3O4/c1-40-20-9-7-18(8-10-20)26(37)13-14-27(38)36-15-3-4-19-16-35(17-25(19)36)30(39)24-12-11-23(33)29(34-24)28-21(31)5-2-6-22(28)32/h2,5-12,19,25H,3-4,13-17H2,1H3/t19-,25-/m1/s1. The van der Waals surface area contributed by atoms with E-state index in [4.69, 9.17) is 4.74 Å². The number of carbonyl (C=O) groups is 3. The number of carbonyl (C=O) groups excluding carboxylic acids is 3. The highest BCUT2D eigenvalue weighted by Crippen LogP contribution is 2.33. The van der Waals surface area contributed by atoms with Gasteiger partial charge in [-0.1, -0.05) is 6.07 Å². The van der Waals surface area contributed by atoms with Crippen molar-refractivity contribution in [2.45, 2.75) is 31.7 Å². The average molecular weight is 552 g/mol. The van der Waals surface area contributed by atoms with Gasteiger partial charge in [-0.05, 0) is 67.3 Å². The minimum atomic E-state index is -0.984. The summed E-state index contributed by atoms with van der Waals surface area (Å²) in [6.45, 7) is 1.16. The molecule has 2 atom stereocenters. The maximum atomic E-state index is 14.5. The third-order valence-electron chi connectivity index (χ3n) is 7.63. The molecule has 40 heavy (non-hydrogen) atoms. The van der Waals surface area contributed by atoms with Crippen LogP contribution in [0.1, 0.15) is 46.5 Å². The van der Waals surface area contributed by atoms with Gasteiger partial charge in [-0.25, -0.2) is 18.2 Å². The largest absolute Gasteiger partial charge is 0.497 e. The van der Waals surface area contributed by atoms with Gasteiger partial charge >= 0.3 is 0 Å². The van der Waals surface area contributed by atoms with E-state index >= 15 is 0 Å². The van der Waals surface area contributed by atoms with Crippen LogP contribution in [0.5, 0.6) is 5.75 Å². The molecule has 2 saturated heterocycles. The van der Waals surface area contributed by atoms with Gasteiger partial charge < -0.3 is 14.5 Å². The number of pyridine rings is 1. The molecule has 1 aromatic heterocycles. The number of hydrogen-bond donors (Lipinski definition) is 0. The quantitative estimate of drug-likeness (QED) is 0.391. The molecule has 0 saturated carbocycles. The molecular formula is C30H28F3N3O4. The van der Waals surface area contributed by atoms with Crippen LogP contribution in [0.15, 0.2) is 54.6 Å². The van der Waals surface area contributed by atoms with Crippen molar-refractivity contribution in [2.75, 3.05) is 26.7 Å². The molecule has 2 fully saturated rings. The van der Waals surface area contributed by atoms with Crippen LogP contribution in [0.4, 0.5) is 13.2 Å². The fourth-order valence-corrected chi connectivity index (χ4v) is 5.56. The minimum Gasteiger partial charge on any atom is -0.497 e. The summed E-state index contributed by atoms with van der Waals surface area (Å²) in [7, 11) is 1.54. The van der Waals surface area contributed by atoms with E-state index in [2.05, 4.69) is 4.98 Å². The molecule has 0 aliphatic carbocycles. The van der Waals surface area contributed by atoms with Crippen LogP contribution in [-0.4, -0.2) is 65.2 Å². The summed E-state index contributed by atoms with van der Waals surface area (Å²) in [6.07, 6.45) is 1.72. The zero-order valence-corrected chi connectivity index (χ0v) is 21.9. The molecule has 7 nitrogen and oxygen atoms in total. The van der Waals surface area contributed by atoms with Gasteiger partial charge in [-0.3, -0.25) is 14.4 Å². The second-order valence-electron chi connectivity index (χ2n) is 10.0. The number of Topliss-reactive ketones (excluding diaryl/α,β-unsaturated/α-hetero) is 1. The van der Waals surface area contributed by atoms with E-state index in [1.807, 2.05) is 0 Å². The van der Waals surface area contributed by atoms with E-state index in [1.54, 1.807) is 41.2 Å². The lowest BCUT2D eigenvalue weighted by Gasteiger charge is -2.36. The van der Waals surface area contributed by atoms with Crippen LogP contribution in [0.2, 0.25) is 0 Å². The molecule has 3 aromatic rings. The van der Waals surface area contributed by atoms with Gasteiger partial charge in [-0.2, -0.15) is 0 Å². The first-order valence-electron chi connectivity index (χ1n) is 13.1. The number of benzene rings is 2. The third-order valence-corrected chi connectivity index (χ3v) is 7.63. The minimum absolute atomic E-state index is 0.0443. The Bertz CT molecular complexity index is 1430. The van der Waals surface area contributed by atoms with E-state index in [0.29, 0.717) is 24.4 Å². The number of fused-ring (bicyclic) bond motifs is 1. The predicted molar refractivity (Wildman–Crippen MR) is 140 cm³/mol. The lowest BCUT2D eigenvalue weighted by Crippen LogP contribution is -2.48. The topological polar surface area (TPSA) is 79.8 Å². The summed E-state index contributed by atoms with van der Waals surface area (Å²) in [5, 5.41) is 0. The molecule has 10 heteroatoms. The summed E-state index contributed by atoms with van der Waals surface area (Å²) in [4.78, 5) is 46.4. The zero-order chi connectivity index (χ0) is 28.4. The molecule has 0 N–H and O–H groups in total. The molecule has 0 unspecified atom stereocenters. The Morgan fingerprint density at radius 2 is 1.65 bits per heavy atom. The number of hydrogen-bond acceptors (Lipinski definition) is 5. The number of ketones is 1. The molecule has 0 bridgehead atoms. The Labute approximate surface area is 229 Å². The van der Waals surface area contributed by atoms with Gasteiger partial charge in [0.25, 0.3) is 5.91 Å². The second-order valence-corrected chi connectivity index (χ2v) is 10.0. The monoisotopic (exact) mass is 551 g/mol. The number of rotatable bonds is 7. The van der Waals surface area contributed by atoms with Crippen LogP contribution < -0.4 is 4.74 Å². The van der Waals surface area contributed by atoms with Crippen LogP contribution in [-0.2, 0) is 4.79 Å². The Morgan fingerprint density at radius 3 is 2.35 bits per heavy atom. The molecule has 2 aliphatic heterocycles. The Hall–Kier alpha value is -4.21. The Morgan fingerprint density at radius 1 is 0.925 bits per heavy atom. The number of methoxy groups -OCH3 is 1. The molecule has 0 spiro atoms. The molecule has 2 aliphatic rings. The first kappa shape index (κ1) is 27.4. The van der Waals surface area contributed by atoms with Gasteiger partial charge in [0, 0.05) is 38.0 Å². The lowest BCUT2D eigenvalue weighted by molar-refractivity contribution is -0.135. The van der Waals surface area contributed by atoms with Crippen molar-refractivity contribution < 1.29 is 32.3 Å². The van der Waals surface area contributed by atoms with Crippen molar-refractivity contribution >= 4 is 17.6 Å². The van der Waals surface area contributed by atoms with Crippen LogP contribution in [0.25, 0.3) is 11.3 Å². The molecule has 2 amide bonds. The van der Waals surface area contributed by atoms with Crippen LogP contribution >= 0.6 is 0 Å². The van der Waals surface area contributed by atoms with E-state index in [1.165, 1.54) is 6.07 Å². The van der Waals surface area contributed by atoms with Crippen molar-refractivity contribution in [2.24, 2.45) is 5.92 Å². The van der Waals surface area contributed by atoms with E-state index in [9.17, 15) is 27.6 Å². The fraction of sp³-hybridized carbons (Fsp3) is 0.333. The van der Waals surface area contributed by atoms with Gasteiger partial charge in [0.1, 0.15) is 34.6 Å². The van der Waals surface area contributed by atoms with Gasteiger partial charge in [0.2, 0.25) is 5.91 Å². The Kier molecular flexibility index (Phi) is 7.86. The van der Waals surface area contributed by atoms with E-state index in [0.717, 1.165) is 37.1 Å². The molecule has 3 heterocycles. The molecule has 2 aromatic carbocycles. The summed E-state index contributed by atoms with van der Waals surface area (Å²) in [6, 6.07) is 11.8. The lowest BCUT2D eigenvalue weighted by atomic mass is 9.91. The fourth-order valence-electron chi connectivity index (χ4n) is 5.56. The van der Waals surface area contributed by atoms with E-state index < -0.39 is 34.6 Å².